The highest BCUT2D eigenvalue weighted by atomic mass is 79.9. The number of hydrogen-bond acceptors (Lipinski definition) is 5. The van der Waals surface area contributed by atoms with Gasteiger partial charge < -0.3 is 14.6 Å². The number of methoxy groups -OCH3 is 1. The summed E-state index contributed by atoms with van der Waals surface area (Å²) < 4.78 is 11.6. The number of carbonyl (C=O) groups excluding carboxylic acids is 1. The number of aromatic hydroxyl groups is 1. The van der Waals surface area contributed by atoms with Crippen LogP contribution in [0.15, 0.2) is 38.3 Å². The van der Waals surface area contributed by atoms with Crippen molar-refractivity contribution < 1.29 is 19.4 Å². The molecule has 138 valence electrons. The molecule has 0 aliphatic rings. The number of nitrogens with zero attached hydrogens (tertiary/aromatic N) is 1. The molecule has 0 saturated carbocycles. The summed E-state index contributed by atoms with van der Waals surface area (Å²) in [6.07, 6.45) is 1.44. The molecule has 0 heterocycles. The molecule has 0 aliphatic heterocycles. The molecule has 0 radical (unpaired) electrons. The fourth-order valence-electron chi connectivity index (χ4n) is 2.09. The molecule has 0 fully saturated rings. The third-order valence-corrected chi connectivity index (χ3v) is 5.86. The van der Waals surface area contributed by atoms with Gasteiger partial charge in [0, 0.05) is 10.0 Å². The molecule has 0 aliphatic carbocycles. The third kappa shape index (κ3) is 4.76. The molecule has 0 spiro atoms. The molecule has 0 unspecified atom stereocenters. The Morgan fingerprint density at radius 1 is 1.27 bits per heavy atom. The lowest BCUT2D eigenvalue weighted by Gasteiger charge is -2.10. The number of carbonyl (C=O) groups is 1. The molecule has 0 aromatic heterocycles. The maximum atomic E-state index is 11.9. The Hall–Kier alpha value is -2.06. The molecule has 0 atom stereocenters. The molecule has 0 saturated heterocycles. The van der Waals surface area contributed by atoms with E-state index >= 15 is 0 Å². The average Bonchev–Trinajstić information content (AvgIpc) is 2.63. The summed E-state index contributed by atoms with van der Waals surface area (Å²) in [5, 5.41) is 13.8. The highest BCUT2D eigenvalue weighted by molar-refractivity contribution is 9.13. The zero-order chi connectivity index (χ0) is 19.3. The maximum absolute atomic E-state index is 11.9. The number of aryl methyl sites for hydroxylation is 1. The van der Waals surface area contributed by atoms with Crippen LogP contribution in [0, 0.1) is 13.8 Å². The summed E-state index contributed by atoms with van der Waals surface area (Å²) >= 11 is 6.61. The predicted octanol–water partition coefficient (Wildman–Crippen LogP) is 4.07. The van der Waals surface area contributed by atoms with Crippen molar-refractivity contribution in [2.45, 2.75) is 13.8 Å². The quantitative estimate of drug-likeness (QED) is 0.477. The first-order valence-electron chi connectivity index (χ1n) is 7.61. The van der Waals surface area contributed by atoms with Crippen LogP contribution >= 0.6 is 31.9 Å². The molecule has 6 nitrogen and oxygen atoms in total. The van der Waals surface area contributed by atoms with Crippen LogP contribution in [0.25, 0.3) is 0 Å². The van der Waals surface area contributed by atoms with Gasteiger partial charge in [0.1, 0.15) is 5.75 Å². The van der Waals surface area contributed by atoms with Gasteiger partial charge in [0.2, 0.25) is 0 Å². The highest BCUT2D eigenvalue weighted by Crippen LogP contribution is 2.41. The molecule has 0 bridgehead atoms. The first-order valence-corrected chi connectivity index (χ1v) is 9.19. The average molecular weight is 486 g/mol. The number of benzene rings is 2. The van der Waals surface area contributed by atoms with Crippen LogP contribution in [0.4, 0.5) is 0 Å². The van der Waals surface area contributed by atoms with Gasteiger partial charge in [-0.15, -0.1) is 0 Å². The second kappa shape index (κ2) is 9.05. The van der Waals surface area contributed by atoms with Crippen molar-refractivity contribution in [1.29, 1.82) is 0 Å². The fourth-order valence-corrected chi connectivity index (χ4v) is 2.92. The number of nitrogens with one attached hydrogen (secondary N) is 1. The van der Waals surface area contributed by atoms with Gasteiger partial charge in [-0.25, -0.2) is 5.43 Å². The molecule has 8 heteroatoms. The van der Waals surface area contributed by atoms with Gasteiger partial charge in [-0.3, -0.25) is 4.79 Å². The number of rotatable bonds is 6. The van der Waals surface area contributed by atoms with Crippen LogP contribution in [-0.2, 0) is 4.79 Å². The number of hydrazone groups is 1. The second-order valence-electron chi connectivity index (χ2n) is 5.42. The van der Waals surface area contributed by atoms with E-state index in [1.54, 1.807) is 6.07 Å². The minimum Gasteiger partial charge on any atom is -0.503 e. The maximum Gasteiger partial charge on any atom is 0.277 e. The summed E-state index contributed by atoms with van der Waals surface area (Å²) in [7, 11) is 1.45. The summed E-state index contributed by atoms with van der Waals surface area (Å²) in [6, 6.07) is 7.26. The lowest BCUT2D eigenvalue weighted by molar-refractivity contribution is -0.123. The van der Waals surface area contributed by atoms with Crippen LogP contribution in [0.2, 0.25) is 0 Å². The zero-order valence-corrected chi connectivity index (χ0v) is 17.6. The lowest BCUT2D eigenvalue weighted by Crippen LogP contribution is -2.24. The lowest BCUT2D eigenvalue weighted by atomic mass is 10.1. The van der Waals surface area contributed by atoms with Gasteiger partial charge in [0.15, 0.2) is 18.1 Å². The molecule has 2 rings (SSSR count). The Bertz CT molecular complexity index is 854. The van der Waals surface area contributed by atoms with Gasteiger partial charge >= 0.3 is 0 Å². The number of phenols is 1. The monoisotopic (exact) mass is 484 g/mol. The van der Waals surface area contributed by atoms with Crippen LogP contribution in [0.5, 0.6) is 17.2 Å². The van der Waals surface area contributed by atoms with Crippen LogP contribution in [0.1, 0.15) is 16.7 Å². The molecule has 1 amide bonds. The van der Waals surface area contributed by atoms with Crippen molar-refractivity contribution in [2.75, 3.05) is 13.7 Å². The van der Waals surface area contributed by atoms with Gasteiger partial charge in [-0.05, 0) is 69.0 Å². The third-order valence-electron chi connectivity index (χ3n) is 3.70. The summed E-state index contributed by atoms with van der Waals surface area (Å²) in [5.74, 6) is 0.538. The van der Waals surface area contributed by atoms with E-state index in [-0.39, 0.29) is 24.0 Å². The zero-order valence-electron chi connectivity index (χ0n) is 14.5. The summed E-state index contributed by atoms with van der Waals surface area (Å²) in [5.41, 5.74) is 5.10. The molecule has 2 aromatic carbocycles. The van der Waals surface area contributed by atoms with E-state index < -0.39 is 0 Å². The van der Waals surface area contributed by atoms with Gasteiger partial charge in [0.05, 0.1) is 17.8 Å². The Kier molecular flexibility index (Phi) is 7.05. The van der Waals surface area contributed by atoms with Crippen molar-refractivity contribution >= 4 is 44.0 Å². The smallest absolute Gasteiger partial charge is 0.277 e. The van der Waals surface area contributed by atoms with E-state index in [9.17, 15) is 9.90 Å². The van der Waals surface area contributed by atoms with Crippen LogP contribution in [0.3, 0.4) is 0 Å². The fraction of sp³-hybridized carbons (Fsp3) is 0.222. The second-order valence-corrected chi connectivity index (χ2v) is 7.01. The Morgan fingerprint density at radius 3 is 2.69 bits per heavy atom. The first-order chi connectivity index (χ1) is 12.3. The molecule has 2 N–H and O–H groups in total. The predicted molar refractivity (Wildman–Crippen MR) is 107 cm³/mol. The standard InChI is InChI=1S/C18H18Br2N2O4/c1-10-5-4-6-13(11(10)2)26-9-15(23)22-21-8-12-7-14(25-3)18(24)17(20)16(12)19/h4-8,24H,9H2,1-3H3,(H,22,23)/b21-8-. The minimum absolute atomic E-state index is 0.0255. The number of hydrogen-bond donors (Lipinski definition) is 2. The van der Waals surface area contributed by atoms with Crippen LogP contribution in [-0.4, -0.2) is 30.9 Å². The Balaban J connectivity index is 1.99. The van der Waals surface area contributed by atoms with Gasteiger partial charge in [-0.1, -0.05) is 12.1 Å². The topological polar surface area (TPSA) is 80.2 Å². The van der Waals surface area contributed by atoms with Crippen LogP contribution < -0.4 is 14.9 Å². The van der Waals surface area contributed by atoms with E-state index in [0.717, 1.165) is 11.1 Å². The number of ether oxygens (including phenoxy) is 2. The van der Waals surface area contributed by atoms with E-state index in [4.69, 9.17) is 9.47 Å². The van der Waals surface area contributed by atoms with Gasteiger partial charge in [0.25, 0.3) is 5.91 Å². The molecular weight excluding hydrogens is 468 g/mol. The summed E-state index contributed by atoms with van der Waals surface area (Å²) in [4.78, 5) is 11.9. The van der Waals surface area contributed by atoms with E-state index in [2.05, 4.69) is 42.4 Å². The summed E-state index contributed by atoms with van der Waals surface area (Å²) in [6.45, 7) is 3.77. The van der Waals surface area contributed by atoms with Crippen molar-refractivity contribution in [1.82, 2.24) is 5.43 Å². The van der Waals surface area contributed by atoms with Gasteiger partial charge in [-0.2, -0.15) is 5.10 Å². The number of phenolic OH excluding ortho intramolecular Hbond substituents is 1. The molecule has 26 heavy (non-hydrogen) atoms. The first kappa shape index (κ1) is 20.3. The van der Waals surface area contributed by atoms with Crippen molar-refractivity contribution in [3.63, 3.8) is 0 Å². The Labute approximate surface area is 168 Å². The molecular formula is C18H18Br2N2O4. The normalized spacial score (nSPS) is 10.8. The van der Waals surface area contributed by atoms with E-state index in [1.807, 2.05) is 32.0 Å². The largest absolute Gasteiger partial charge is 0.503 e. The highest BCUT2D eigenvalue weighted by Gasteiger charge is 2.14. The van der Waals surface area contributed by atoms with E-state index in [0.29, 0.717) is 20.3 Å². The number of halogens is 2. The number of amides is 1. The van der Waals surface area contributed by atoms with Crippen molar-refractivity contribution in [3.8, 4) is 17.2 Å². The minimum atomic E-state index is -0.386. The Morgan fingerprint density at radius 2 is 2.00 bits per heavy atom. The molecule has 2 aromatic rings. The van der Waals surface area contributed by atoms with E-state index in [1.165, 1.54) is 13.3 Å². The van der Waals surface area contributed by atoms with Crippen molar-refractivity contribution in [2.24, 2.45) is 5.10 Å². The van der Waals surface area contributed by atoms with Crippen molar-refractivity contribution in [3.05, 3.63) is 49.9 Å². The SMILES string of the molecule is COc1cc(/C=N\NC(=O)COc2cccc(C)c2C)c(Br)c(Br)c1O.